The Morgan fingerprint density at radius 2 is 1.75 bits per heavy atom. The summed E-state index contributed by atoms with van der Waals surface area (Å²) in [4.78, 5) is 11.0. The summed E-state index contributed by atoms with van der Waals surface area (Å²) in [7, 11) is -1.16. The molecule has 3 heteroatoms. The van der Waals surface area contributed by atoms with Gasteiger partial charge in [0, 0.05) is 6.08 Å². The van der Waals surface area contributed by atoms with Crippen LogP contribution in [0.25, 0.3) is 0 Å². The fraction of sp³-hybridized carbons (Fsp3) is 0.769. The molecule has 0 aromatic heterocycles. The molecule has 0 heterocycles. The molecular weight excluding hydrogens is 216 g/mol. The van der Waals surface area contributed by atoms with Crippen molar-refractivity contribution < 1.29 is 9.53 Å². The fourth-order valence-electron chi connectivity index (χ4n) is 2.39. The average Bonchev–Trinajstić information content (AvgIpc) is 2.29. The van der Waals surface area contributed by atoms with Crippen LogP contribution in [0, 0.1) is 0 Å². The standard InChI is InChI=1S/C13H26O2Si/c1-5-10-16(8-4,11-6-2)12-9-15-13(14)7-3/h7H,3,5-6,8-12H2,1-2,4H3. The van der Waals surface area contributed by atoms with Crippen LogP contribution in [0.15, 0.2) is 12.7 Å². The fourth-order valence-corrected chi connectivity index (χ4v) is 6.86. The quantitative estimate of drug-likeness (QED) is 0.347. The number of carbonyl (C=O) groups is 1. The van der Waals surface area contributed by atoms with Gasteiger partial charge >= 0.3 is 5.97 Å². The summed E-state index contributed by atoms with van der Waals surface area (Å²) in [6.45, 7) is 10.8. The van der Waals surface area contributed by atoms with Gasteiger partial charge in [-0.25, -0.2) is 4.79 Å². The summed E-state index contributed by atoms with van der Waals surface area (Å²) in [6.07, 6.45) is 3.76. The molecule has 0 bridgehead atoms. The first-order chi connectivity index (χ1) is 7.64. The second kappa shape index (κ2) is 8.56. The summed E-state index contributed by atoms with van der Waals surface area (Å²) in [5.41, 5.74) is 0. The Morgan fingerprint density at radius 3 is 2.12 bits per heavy atom. The Kier molecular flexibility index (Phi) is 8.26. The van der Waals surface area contributed by atoms with Crippen LogP contribution in [0.5, 0.6) is 0 Å². The van der Waals surface area contributed by atoms with Crippen LogP contribution in [0.2, 0.25) is 24.2 Å². The highest BCUT2D eigenvalue weighted by molar-refractivity contribution is 6.79. The maximum atomic E-state index is 11.0. The lowest BCUT2D eigenvalue weighted by atomic mass is 10.6. The lowest BCUT2D eigenvalue weighted by molar-refractivity contribution is -0.137. The first-order valence-corrected chi connectivity index (χ1v) is 9.26. The van der Waals surface area contributed by atoms with Crippen LogP contribution in [-0.4, -0.2) is 20.7 Å². The third-order valence-electron chi connectivity index (χ3n) is 3.35. The minimum absolute atomic E-state index is 0.285. The van der Waals surface area contributed by atoms with Gasteiger partial charge < -0.3 is 4.74 Å². The molecule has 0 aromatic rings. The van der Waals surface area contributed by atoms with Crippen molar-refractivity contribution >= 4 is 14.0 Å². The summed E-state index contributed by atoms with van der Waals surface area (Å²) in [6, 6.07) is 5.15. The molecule has 0 radical (unpaired) electrons. The zero-order valence-corrected chi connectivity index (χ0v) is 12.1. The minimum Gasteiger partial charge on any atom is -0.463 e. The van der Waals surface area contributed by atoms with E-state index in [0.29, 0.717) is 6.61 Å². The molecular formula is C13H26O2Si. The van der Waals surface area contributed by atoms with E-state index in [-0.39, 0.29) is 5.97 Å². The van der Waals surface area contributed by atoms with Gasteiger partial charge in [-0.05, 0) is 6.04 Å². The van der Waals surface area contributed by atoms with Crippen LogP contribution in [0.1, 0.15) is 33.6 Å². The summed E-state index contributed by atoms with van der Waals surface area (Å²) >= 11 is 0. The van der Waals surface area contributed by atoms with Crippen molar-refractivity contribution in [3.8, 4) is 0 Å². The highest BCUT2D eigenvalue weighted by Crippen LogP contribution is 2.28. The molecule has 0 fully saturated rings. The van der Waals surface area contributed by atoms with E-state index in [0.717, 1.165) is 6.04 Å². The topological polar surface area (TPSA) is 26.3 Å². The Labute approximate surface area is 101 Å². The molecule has 0 aliphatic rings. The third-order valence-corrected chi connectivity index (χ3v) is 9.24. The summed E-state index contributed by atoms with van der Waals surface area (Å²) in [5, 5.41) is 0. The van der Waals surface area contributed by atoms with Gasteiger partial charge in [-0.3, -0.25) is 0 Å². The number of hydrogen-bond acceptors (Lipinski definition) is 2. The van der Waals surface area contributed by atoms with Crippen LogP contribution in [-0.2, 0) is 9.53 Å². The highest BCUT2D eigenvalue weighted by atomic mass is 28.3. The van der Waals surface area contributed by atoms with E-state index >= 15 is 0 Å². The molecule has 0 amide bonds. The summed E-state index contributed by atoms with van der Waals surface area (Å²) in [5.74, 6) is -0.285. The van der Waals surface area contributed by atoms with E-state index in [1.165, 1.54) is 37.0 Å². The molecule has 0 N–H and O–H groups in total. The molecule has 0 aliphatic heterocycles. The Morgan fingerprint density at radius 1 is 1.19 bits per heavy atom. The maximum Gasteiger partial charge on any atom is 0.330 e. The van der Waals surface area contributed by atoms with Gasteiger partial charge in [0.25, 0.3) is 0 Å². The third kappa shape index (κ3) is 5.49. The largest absolute Gasteiger partial charge is 0.463 e. The van der Waals surface area contributed by atoms with Gasteiger partial charge in [-0.2, -0.15) is 0 Å². The van der Waals surface area contributed by atoms with Crippen molar-refractivity contribution in [2.75, 3.05) is 6.61 Å². The minimum atomic E-state index is -1.16. The lowest BCUT2D eigenvalue weighted by Gasteiger charge is -2.29. The van der Waals surface area contributed by atoms with Crippen molar-refractivity contribution in [1.29, 1.82) is 0 Å². The second-order valence-electron chi connectivity index (χ2n) is 4.48. The van der Waals surface area contributed by atoms with Crippen LogP contribution in [0.4, 0.5) is 0 Å². The van der Waals surface area contributed by atoms with Gasteiger partial charge in [0.2, 0.25) is 0 Å². The van der Waals surface area contributed by atoms with Crippen molar-refractivity contribution in [3.05, 3.63) is 12.7 Å². The van der Waals surface area contributed by atoms with Gasteiger partial charge in [-0.15, -0.1) is 0 Å². The molecule has 0 spiro atoms. The van der Waals surface area contributed by atoms with Crippen molar-refractivity contribution in [2.45, 2.75) is 57.8 Å². The summed E-state index contributed by atoms with van der Waals surface area (Å²) < 4.78 is 5.12. The Bertz CT molecular complexity index is 208. The van der Waals surface area contributed by atoms with Crippen molar-refractivity contribution in [2.24, 2.45) is 0 Å². The molecule has 0 unspecified atom stereocenters. The molecule has 16 heavy (non-hydrogen) atoms. The molecule has 0 atom stereocenters. The first-order valence-electron chi connectivity index (χ1n) is 6.43. The zero-order chi connectivity index (χ0) is 12.4. The van der Waals surface area contributed by atoms with Crippen LogP contribution < -0.4 is 0 Å². The van der Waals surface area contributed by atoms with Gasteiger partial charge in [0.15, 0.2) is 0 Å². The molecule has 0 saturated heterocycles. The van der Waals surface area contributed by atoms with Crippen molar-refractivity contribution in [1.82, 2.24) is 0 Å². The van der Waals surface area contributed by atoms with Crippen LogP contribution >= 0.6 is 0 Å². The van der Waals surface area contributed by atoms with E-state index in [1.807, 2.05) is 0 Å². The Hall–Kier alpha value is -0.573. The van der Waals surface area contributed by atoms with Crippen molar-refractivity contribution in [3.63, 3.8) is 0 Å². The zero-order valence-electron chi connectivity index (χ0n) is 11.1. The predicted octanol–water partition coefficient (Wildman–Crippen LogP) is 4.00. The van der Waals surface area contributed by atoms with E-state index < -0.39 is 8.07 Å². The van der Waals surface area contributed by atoms with E-state index in [9.17, 15) is 4.79 Å². The van der Waals surface area contributed by atoms with Gasteiger partial charge in [0.1, 0.15) is 0 Å². The molecule has 0 rings (SSSR count). The molecule has 0 aromatic carbocycles. The smallest absolute Gasteiger partial charge is 0.330 e. The number of ether oxygens (including phenoxy) is 1. The number of hydrogen-bond donors (Lipinski definition) is 0. The highest BCUT2D eigenvalue weighted by Gasteiger charge is 2.28. The van der Waals surface area contributed by atoms with E-state index in [1.54, 1.807) is 0 Å². The second-order valence-corrected chi connectivity index (χ2v) is 9.68. The van der Waals surface area contributed by atoms with Crippen LogP contribution in [0.3, 0.4) is 0 Å². The maximum absolute atomic E-state index is 11.0. The number of esters is 1. The number of rotatable bonds is 9. The monoisotopic (exact) mass is 242 g/mol. The first kappa shape index (κ1) is 15.4. The van der Waals surface area contributed by atoms with E-state index in [4.69, 9.17) is 4.74 Å². The average molecular weight is 242 g/mol. The molecule has 2 nitrogen and oxygen atoms in total. The SMILES string of the molecule is C=CC(=O)OCC[Si](CC)(CCC)CCC. The van der Waals surface area contributed by atoms with E-state index in [2.05, 4.69) is 27.4 Å². The Balaban J connectivity index is 4.18. The lowest BCUT2D eigenvalue weighted by Crippen LogP contribution is -2.34. The normalized spacial score (nSPS) is 11.2. The molecule has 0 aliphatic carbocycles. The molecule has 0 saturated carbocycles. The number of carbonyl (C=O) groups excluding carboxylic acids is 1. The predicted molar refractivity (Wildman–Crippen MR) is 72.4 cm³/mol. The van der Waals surface area contributed by atoms with Gasteiger partial charge in [0.05, 0.1) is 14.7 Å². The molecule has 94 valence electrons. The van der Waals surface area contributed by atoms with Gasteiger partial charge in [-0.1, -0.05) is 58.3 Å².